The average molecular weight is 276 g/mol. The second-order valence-electron chi connectivity index (χ2n) is 4.00. The Balaban J connectivity index is 2.38. The fourth-order valence-corrected chi connectivity index (χ4v) is 2.38. The van der Waals surface area contributed by atoms with Gasteiger partial charge in [-0.1, -0.05) is 6.92 Å². The minimum atomic E-state index is 0.641. The highest BCUT2D eigenvalue weighted by Gasteiger charge is 2.12. The first-order chi connectivity index (χ1) is 9.13. The number of hydrogen-bond acceptors (Lipinski definition) is 7. The molecule has 0 saturated heterocycles. The molecule has 6 nitrogen and oxygen atoms in total. The molecule has 7 heteroatoms. The Bertz CT molecular complexity index is 586. The van der Waals surface area contributed by atoms with Crippen molar-refractivity contribution in [1.29, 1.82) is 0 Å². The first-order valence-corrected chi connectivity index (χ1v) is 6.77. The summed E-state index contributed by atoms with van der Waals surface area (Å²) in [5, 5.41) is 1.50. The normalized spacial score (nSPS) is 10.5. The summed E-state index contributed by atoms with van der Waals surface area (Å²) in [7, 11) is 0. The van der Waals surface area contributed by atoms with Gasteiger partial charge in [-0.3, -0.25) is 0 Å². The van der Waals surface area contributed by atoms with Crippen molar-refractivity contribution >= 4 is 17.6 Å². The van der Waals surface area contributed by atoms with Crippen molar-refractivity contribution in [1.82, 2.24) is 19.9 Å². The van der Waals surface area contributed by atoms with Gasteiger partial charge in [0.15, 0.2) is 5.16 Å². The Labute approximate surface area is 116 Å². The number of anilines is 1. The van der Waals surface area contributed by atoms with E-state index in [9.17, 15) is 0 Å². The molecular weight excluding hydrogens is 260 g/mol. The molecule has 0 spiro atoms. The second-order valence-corrected chi connectivity index (χ2v) is 4.96. The van der Waals surface area contributed by atoms with Gasteiger partial charge in [-0.2, -0.15) is 0 Å². The molecular formula is C12H16N6S. The van der Waals surface area contributed by atoms with Crippen LogP contribution in [0.5, 0.6) is 0 Å². The highest BCUT2D eigenvalue weighted by molar-refractivity contribution is 7.99. The quantitative estimate of drug-likeness (QED) is 0.381. The first kappa shape index (κ1) is 13.7. The molecule has 2 rings (SSSR count). The van der Waals surface area contributed by atoms with Crippen LogP contribution in [0.15, 0.2) is 22.4 Å². The summed E-state index contributed by atoms with van der Waals surface area (Å²) in [6.07, 6.45) is 2.49. The molecule has 0 aliphatic heterocycles. The first-order valence-electron chi connectivity index (χ1n) is 5.95. The number of aromatic nitrogens is 4. The molecule has 0 atom stereocenters. The van der Waals surface area contributed by atoms with Gasteiger partial charge >= 0.3 is 0 Å². The molecule has 0 aliphatic rings. The molecule has 19 heavy (non-hydrogen) atoms. The summed E-state index contributed by atoms with van der Waals surface area (Å²) in [6, 6.07) is 1.86. The predicted molar refractivity (Wildman–Crippen MR) is 74.8 cm³/mol. The Hall–Kier alpha value is -1.73. The van der Waals surface area contributed by atoms with Crippen LogP contribution in [-0.2, 0) is 6.42 Å². The minimum absolute atomic E-state index is 0.641. The third-order valence-corrected chi connectivity index (χ3v) is 3.53. The molecule has 0 unspecified atom stereocenters. The fraction of sp³-hybridized carbons (Fsp3) is 0.333. The van der Waals surface area contributed by atoms with E-state index < -0.39 is 0 Å². The van der Waals surface area contributed by atoms with Crippen molar-refractivity contribution in [2.75, 3.05) is 5.43 Å². The van der Waals surface area contributed by atoms with Gasteiger partial charge < -0.3 is 5.43 Å². The molecule has 2 heterocycles. The number of nitrogen functional groups attached to an aromatic ring is 1. The second kappa shape index (κ2) is 5.94. The average Bonchev–Trinajstić information content (AvgIpc) is 2.41. The van der Waals surface area contributed by atoms with Crippen LogP contribution in [0.25, 0.3) is 0 Å². The van der Waals surface area contributed by atoms with Crippen LogP contribution in [0.4, 0.5) is 5.82 Å². The van der Waals surface area contributed by atoms with Crippen molar-refractivity contribution in [2.45, 2.75) is 37.4 Å². The molecule has 0 saturated carbocycles. The van der Waals surface area contributed by atoms with Crippen LogP contribution in [0.2, 0.25) is 0 Å². The molecule has 2 aromatic heterocycles. The zero-order valence-corrected chi connectivity index (χ0v) is 12.0. The maximum absolute atomic E-state index is 5.48. The van der Waals surface area contributed by atoms with Crippen molar-refractivity contribution in [3.05, 3.63) is 29.3 Å². The summed E-state index contributed by atoms with van der Waals surface area (Å²) in [6.45, 7) is 5.86. The van der Waals surface area contributed by atoms with Gasteiger partial charge in [0.25, 0.3) is 0 Å². The molecule has 0 aliphatic carbocycles. The standard InChI is InChI=1S/C12H16N6S/c1-4-9-16-10(18-13)8(3)11(17-9)19-12-14-6-5-7(2)15-12/h5-6H,4,13H2,1-3H3,(H,16,17,18). The number of hydrazine groups is 1. The number of rotatable bonds is 4. The lowest BCUT2D eigenvalue weighted by Crippen LogP contribution is -2.13. The van der Waals surface area contributed by atoms with Crippen LogP contribution < -0.4 is 11.3 Å². The van der Waals surface area contributed by atoms with Crippen LogP contribution in [0, 0.1) is 13.8 Å². The SMILES string of the molecule is CCc1nc(NN)c(C)c(Sc2nccc(C)n2)n1. The van der Waals surface area contributed by atoms with Gasteiger partial charge in [-0.05, 0) is 31.7 Å². The van der Waals surface area contributed by atoms with Crippen molar-refractivity contribution in [3.8, 4) is 0 Å². The van der Waals surface area contributed by atoms with Crippen LogP contribution in [-0.4, -0.2) is 19.9 Å². The summed E-state index contributed by atoms with van der Waals surface area (Å²) in [5.41, 5.74) is 4.43. The monoisotopic (exact) mass is 276 g/mol. The number of hydrogen-bond donors (Lipinski definition) is 2. The summed E-state index contributed by atoms with van der Waals surface area (Å²) in [4.78, 5) is 17.4. The van der Waals surface area contributed by atoms with E-state index in [1.807, 2.05) is 26.8 Å². The minimum Gasteiger partial charge on any atom is -0.308 e. The van der Waals surface area contributed by atoms with Gasteiger partial charge in [0.1, 0.15) is 16.7 Å². The van der Waals surface area contributed by atoms with E-state index in [1.54, 1.807) is 6.20 Å². The lowest BCUT2D eigenvalue weighted by atomic mass is 10.3. The topological polar surface area (TPSA) is 89.6 Å². The Kier molecular flexibility index (Phi) is 4.28. The maximum Gasteiger partial charge on any atom is 0.194 e. The smallest absolute Gasteiger partial charge is 0.194 e. The van der Waals surface area contributed by atoms with Gasteiger partial charge in [-0.15, -0.1) is 0 Å². The van der Waals surface area contributed by atoms with E-state index in [2.05, 4.69) is 25.4 Å². The van der Waals surface area contributed by atoms with Gasteiger partial charge in [0, 0.05) is 23.9 Å². The number of nitrogens with one attached hydrogen (secondary N) is 1. The zero-order valence-electron chi connectivity index (χ0n) is 11.1. The molecule has 0 fully saturated rings. The van der Waals surface area contributed by atoms with Crippen LogP contribution in [0.3, 0.4) is 0 Å². The maximum atomic E-state index is 5.48. The fourth-order valence-electron chi connectivity index (χ4n) is 1.50. The summed E-state index contributed by atoms with van der Waals surface area (Å²) in [5.74, 6) is 6.86. The van der Waals surface area contributed by atoms with E-state index in [1.165, 1.54) is 11.8 Å². The Morgan fingerprint density at radius 1 is 1.26 bits per heavy atom. The van der Waals surface area contributed by atoms with E-state index >= 15 is 0 Å². The van der Waals surface area contributed by atoms with Crippen molar-refractivity contribution in [3.63, 3.8) is 0 Å². The number of nitrogens with two attached hydrogens (primary N) is 1. The van der Waals surface area contributed by atoms with E-state index in [-0.39, 0.29) is 0 Å². The number of aryl methyl sites for hydroxylation is 2. The molecule has 0 bridgehead atoms. The molecule has 3 N–H and O–H groups in total. The van der Waals surface area contributed by atoms with Crippen LogP contribution in [0.1, 0.15) is 24.0 Å². The lowest BCUT2D eigenvalue weighted by Gasteiger charge is -2.10. The zero-order chi connectivity index (χ0) is 13.8. The van der Waals surface area contributed by atoms with E-state index in [4.69, 9.17) is 5.84 Å². The molecule has 0 aromatic carbocycles. The Morgan fingerprint density at radius 3 is 2.68 bits per heavy atom. The van der Waals surface area contributed by atoms with Crippen molar-refractivity contribution in [2.24, 2.45) is 5.84 Å². The summed E-state index contributed by atoms with van der Waals surface area (Å²) >= 11 is 1.42. The molecule has 2 aromatic rings. The Morgan fingerprint density at radius 2 is 2.05 bits per heavy atom. The third-order valence-electron chi connectivity index (χ3n) is 2.56. The largest absolute Gasteiger partial charge is 0.308 e. The molecule has 0 radical (unpaired) electrons. The van der Waals surface area contributed by atoms with Gasteiger partial charge in [0.2, 0.25) is 0 Å². The summed E-state index contributed by atoms with van der Waals surface area (Å²) < 4.78 is 0. The highest BCUT2D eigenvalue weighted by atomic mass is 32.2. The van der Waals surface area contributed by atoms with Crippen LogP contribution >= 0.6 is 11.8 Å². The predicted octanol–water partition coefficient (Wildman–Crippen LogP) is 1.88. The van der Waals surface area contributed by atoms with Crippen molar-refractivity contribution < 1.29 is 0 Å². The van der Waals surface area contributed by atoms with E-state index in [0.717, 1.165) is 28.5 Å². The molecule has 100 valence electrons. The number of nitrogens with zero attached hydrogens (tertiary/aromatic N) is 4. The lowest BCUT2D eigenvalue weighted by molar-refractivity contribution is 0.863. The van der Waals surface area contributed by atoms with Gasteiger partial charge in [0.05, 0.1) is 0 Å². The highest BCUT2D eigenvalue weighted by Crippen LogP contribution is 2.28. The molecule has 0 amide bonds. The van der Waals surface area contributed by atoms with E-state index in [0.29, 0.717) is 11.0 Å². The third kappa shape index (κ3) is 3.18. The van der Waals surface area contributed by atoms with Gasteiger partial charge in [-0.25, -0.2) is 25.8 Å².